The summed E-state index contributed by atoms with van der Waals surface area (Å²) in [4.78, 5) is 12.4. The first-order valence-electron chi connectivity index (χ1n) is 7.81. The first kappa shape index (κ1) is 19.4. The lowest BCUT2D eigenvalue weighted by molar-refractivity contribution is -0.0497. The average Bonchev–Trinajstić information content (AvgIpc) is 3.00. The molecule has 1 N–H and O–H groups in total. The Hall–Kier alpha value is -2.39. The minimum Gasteiger partial charge on any atom is -0.433 e. The van der Waals surface area contributed by atoms with Crippen molar-refractivity contribution in [1.29, 1.82) is 0 Å². The summed E-state index contributed by atoms with van der Waals surface area (Å²) in [5, 5.41) is 2.55. The van der Waals surface area contributed by atoms with Crippen LogP contribution in [-0.2, 0) is 16.4 Å². The molecule has 0 unspecified atom stereocenters. The van der Waals surface area contributed by atoms with Crippen molar-refractivity contribution in [2.45, 2.75) is 13.0 Å². The van der Waals surface area contributed by atoms with Crippen LogP contribution in [0.2, 0.25) is 5.02 Å². The van der Waals surface area contributed by atoms with Gasteiger partial charge in [0.1, 0.15) is 5.75 Å². The Morgan fingerprint density at radius 3 is 2.63 bits per heavy atom. The van der Waals surface area contributed by atoms with Gasteiger partial charge in [0, 0.05) is 17.8 Å². The number of anilines is 2. The van der Waals surface area contributed by atoms with Gasteiger partial charge in [0.05, 0.1) is 17.0 Å². The maximum Gasteiger partial charge on any atom is 0.387 e. The molecule has 1 amide bonds. The number of halogens is 3. The molecule has 10 heteroatoms. The van der Waals surface area contributed by atoms with Gasteiger partial charge in [-0.05, 0) is 48.4 Å². The van der Waals surface area contributed by atoms with Crippen molar-refractivity contribution in [2.24, 2.45) is 0 Å². The van der Waals surface area contributed by atoms with Gasteiger partial charge in [0.15, 0.2) is 0 Å². The van der Waals surface area contributed by atoms with Crippen LogP contribution in [0.1, 0.15) is 15.9 Å². The van der Waals surface area contributed by atoms with E-state index >= 15 is 0 Å². The summed E-state index contributed by atoms with van der Waals surface area (Å²) >= 11 is 5.87. The van der Waals surface area contributed by atoms with E-state index in [0.29, 0.717) is 29.9 Å². The van der Waals surface area contributed by atoms with Crippen LogP contribution in [0.4, 0.5) is 20.2 Å². The highest BCUT2D eigenvalue weighted by molar-refractivity contribution is 7.92. The summed E-state index contributed by atoms with van der Waals surface area (Å²) in [6.07, 6.45) is 1.64. The standard InChI is InChI=1S/C17H15ClF2N2O4S/c1-27(24,25)22-7-6-10-8-11(2-4-14(10)22)16(23)21-12-3-5-15(13(18)9-12)26-17(19)20/h2-5,8-9,17H,6-7H2,1H3,(H,21,23). The molecule has 0 aromatic heterocycles. The van der Waals surface area contributed by atoms with Crippen LogP contribution in [0.15, 0.2) is 36.4 Å². The Kier molecular flexibility index (Phi) is 5.25. The maximum atomic E-state index is 12.4. The van der Waals surface area contributed by atoms with E-state index in [1.165, 1.54) is 28.6 Å². The molecular formula is C17H15ClF2N2O4S. The molecule has 2 aromatic carbocycles. The zero-order chi connectivity index (χ0) is 19.8. The zero-order valence-corrected chi connectivity index (χ0v) is 15.7. The van der Waals surface area contributed by atoms with Gasteiger partial charge in [-0.2, -0.15) is 8.78 Å². The molecule has 1 heterocycles. The van der Waals surface area contributed by atoms with Gasteiger partial charge in [-0.25, -0.2) is 8.42 Å². The predicted octanol–water partition coefficient (Wildman–Crippen LogP) is 3.52. The number of carbonyl (C=O) groups excluding carboxylic acids is 1. The Labute approximate surface area is 159 Å². The van der Waals surface area contributed by atoms with E-state index in [1.54, 1.807) is 12.1 Å². The molecule has 0 fully saturated rings. The van der Waals surface area contributed by atoms with E-state index in [-0.39, 0.29) is 10.8 Å². The van der Waals surface area contributed by atoms with Gasteiger partial charge in [-0.15, -0.1) is 0 Å². The second-order valence-electron chi connectivity index (χ2n) is 5.91. The van der Waals surface area contributed by atoms with Gasteiger partial charge in [-0.3, -0.25) is 9.10 Å². The quantitative estimate of drug-likeness (QED) is 0.809. The number of alkyl halides is 2. The Morgan fingerprint density at radius 2 is 2.00 bits per heavy atom. The molecule has 0 spiro atoms. The van der Waals surface area contributed by atoms with Crippen molar-refractivity contribution in [3.8, 4) is 5.75 Å². The zero-order valence-electron chi connectivity index (χ0n) is 14.1. The van der Waals surface area contributed by atoms with Crippen molar-refractivity contribution in [3.05, 3.63) is 52.5 Å². The van der Waals surface area contributed by atoms with Crippen LogP contribution in [-0.4, -0.2) is 33.7 Å². The molecule has 0 atom stereocenters. The summed E-state index contributed by atoms with van der Waals surface area (Å²) in [5.74, 6) is -0.628. The highest BCUT2D eigenvalue weighted by Crippen LogP contribution is 2.32. The van der Waals surface area contributed by atoms with Crippen LogP contribution in [0.25, 0.3) is 0 Å². The summed E-state index contributed by atoms with van der Waals surface area (Å²) in [6, 6.07) is 8.66. The van der Waals surface area contributed by atoms with E-state index in [0.717, 1.165) is 11.8 Å². The summed E-state index contributed by atoms with van der Waals surface area (Å²) < 4.78 is 53.6. The molecule has 1 aliphatic heterocycles. The topological polar surface area (TPSA) is 75.7 Å². The van der Waals surface area contributed by atoms with Crippen molar-refractivity contribution in [1.82, 2.24) is 0 Å². The monoisotopic (exact) mass is 416 g/mol. The van der Waals surface area contributed by atoms with E-state index in [9.17, 15) is 22.0 Å². The molecule has 0 saturated carbocycles. The van der Waals surface area contributed by atoms with E-state index in [2.05, 4.69) is 10.1 Å². The number of nitrogens with one attached hydrogen (secondary N) is 1. The number of ether oxygens (including phenoxy) is 1. The molecule has 3 rings (SSSR count). The largest absolute Gasteiger partial charge is 0.433 e. The second-order valence-corrected chi connectivity index (χ2v) is 8.22. The fourth-order valence-electron chi connectivity index (χ4n) is 2.83. The lowest BCUT2D eigenvalue weighted by Crippen LogP contribution is -2.27. The van der Waals surface area contributed by atoms with Crippen LogP contribution in [0.3, 0.4) is 0 Å². The first-order chi connectivity index (χ1) is 12.6. The number of hydrogen-bond donors (Lipinski definition) is 1. The number of rotatable bonds is 5. The van der Waals surface area contributed by atoms with Crippen LogP contribution in [0, 0.1) is 0 Å². The third kappa shape index (κ3) is 4.30. The minimum absolute atomic E-state index is 0.0640. The molecular weight excluding hydrogens is 402 g/mol. The molecule has 144 valence electrons. The third-order valence-electron chi connectivity index (χ3n) is 4.00. The van der Waals surface area contributed by atoms with Crippen LogP contribution in [0.5, 0.6) is 5.75 Å². The number of sulfonamides is 1. The van der Waals surface area contributed by atoms with E-state index in [4.69, 9.17) is 11.6 Å². The predicted molar refractivity (Wildman–Crippen MR) is 98.4 cm³/mol. The maximum absolute atomic E-state index is 12.4. The summed E-state index contributed by atoms with van der Waals surface area (Å²) in [7, 11) is -3.36. The molecule has 6 nitrogen and oxygen atoms in total. The SMILES string of the molecule is CS(=O)(=O)N1CCc2cc(C(=O)Nc3ccc(OC(F)F)c(Cl)c3)ccc21. The Balaban J connectivity index is 1.77. The molecule has 0 bridgehead atoms. The number of benzene rings is 2. The molecule has 0 aliphatic carbocycles. The molecule has 0 saturated heterocycles. The second kappa shape index (κ2) is 7.32. The van der Waals surface area contributed by atoms with Crippen LogP contribution < -0.4 is 14.4 Å². The lowest BCUT2D eigenvalue weighted by Gasteiger charge is -2.16. The highest BCUT2D eigenvalue weighted by atomic mass is 35.5. The van der Waals surface area contributed by atoms with Gasteiger partial charge in [-0.1, -0.05) is 11.6 Å². The number of amides is 1. The smallest absolute Gasteiger partial charge is 0.387 e. The average molecular weight is 417 g/mol. The summed E-state index contributed by atoms with van der Waals surface area (Å²) in [6.45, 7) is -2.67. The minimum atomic E-state index is -3.36. The number of nitrogens with zero attached hydrogens (tertiary/aromatic N) is 1. The van der Waals surface area contributed by atoms with Gasteiger partial charge in [0.25, 0.3) is 5.91 Å². The first-order valence-corrected chi connectivity index (χ1v) is 10.0. The molecule has 27 heavy (non-hydrogen) atoms. The van der Waals surface area contributed by atoms with Crippen molar-refractivity contribution >= 4 is 38.9 Å². The van der Waals surface area contributed by atoms with Gasteiger partial charge >= 0.3 is 6.61 Å². The van der Waals surface area contributed by atoms with Gasteiger partial charge in [0.2, 0.25) is 10.0 Å². The highest BCUT2D eigenvalue weighted by Gasteiger charge is 2.26. The molecule has 0 radical (unpaired) electrons. The van der Waals surface area contributed by atoms with E-state index < -0.39 is 22.5 Å². The number of carbonyl (C=O) groups is 1. The summed E-state index contributed by atoms with van der Waals surface area (Å²) in [5.41, 5.74) is 1.97. The molecule has 2 aromatic rings. The van der Waals surface area contributed by atoms with E-state index in [1.807, 2.05) is 0 Å². The van der Waals surface area contributed by atoms with Crippen LogP contribution >= 0.6 is 11.6 Å². The number of hydrogen-bond acceptors (Lipinski definition) is 4. The van der Waals surface area contributed by atoms with Gasteiger partial charge < -0.3 is 10.1 Å². The Morgan fingerprint density at radius 1 is 1.26 bits per heavy atom. The third-order valence-corrected chi connectivity index (χ3v) is 5.48. The van der Waals surface area contributed by atoms with Crippen molar-refractivity contribution in [2.75, 3.05) is 22.4 Å². The van der Waals surface area contributed by atoms with Crippen molar-refractivity contribution in [3.63, 3.8) is 0 Å². The Bertz CT molecular complexity index is 998. The fourth-order valence-corrected chi connectivity index (χ4v) is 4.01. The number of fused-ring (bicyclic) bond motifs is 1. The fraction of sp³-hybridized carbons (Fsp3) is 0.235. The van der Waals surface area contributed by atoms with Crippen molar-refractivity contribution < 1.29 is 26.7 Å². The lowest BCUT2D eigenvalue weighted by atomic mass is 10.1. The molecule has 1 aliphatic rings. The normalized spacial score (nSPS) is 13.6.